The van der Waals surface area contributed by atoms with Crippen LogP contribution in [0.1, 0.15) is 5.56 Å². The predicted molar refractivity (Wildman–Crippen MR) is 64.2 cm³/mol. The molecular weight excluding hydrogens is 272 g/mol. The molecule has 0 aliphatic carbocycles. The zero-order chi connectivity index (χ0) is 11.4. The van der Waals surface area contributed by atoms with Crippen molar-refractivity contribution in [3.63, 3.8) is 0 Å². The molecule has 5 heteroatoms. The van der Waals surface area contributed by atoms with Crippen molar-refractivity contribution in [2.24, 2.45) is 5.73 Å². The van der Waals surface area contributed by atoms with E-state index in [-0.39, 0.29) is 12.1 Å². The Kier molecular flexibility index (Phi) is 4.29. The molecule has 0 bridgehead atoms. The van der Waals surface area contributed by atoms with Crippen LogP contribution in [0.25, 0.3) is 0 Å². The van der Waals surface area contributed by atoms with E-state index in [4.69, 9.17) is 15.2 Å². The molecule has 1 fully saturated rings. The van der Waals surface area contributed by atoms with Gasteiger partial charge in [0.2, 0.25) is 0 Å². The van der Waals surface area contributed by atoms with Crippen molar-refractivity contribution in [1.29, 1.82) is 0 Å². The molecule has 4 nitrogen and oxygen atoms in total. The summed E-state index contributed by atoms with van der Waals surface area (Å²) in [4.78, 5) is 4.11. The molecule has 2 heterocycles. The number of hydrogen-bond donors (Lipinski definition) is 1. The quantitative estimate of drug-likeness (QED) is 0.905. The lowest BCUT2D eigenvalue weighted by molar-refractivity contribution is -0.0967. The Labute approximate surface area is 103 Å². The lowest BCUT2D eigenvalue weighted by Crippen LogP contribution is -2.44. The average molecular weight is 287 g/mol. The summed E-state index contributed by atoms with van der Waals surface area (Å²) in [5.41, 5.74) is 7.19. The summed E-state index contributed by atoms with van der Waals surface area (Å²) >= 11 is 3.39. The fourth-order valence-electron chi connectivity index (χ4n) is 1.72. The Balaban J connectivity index is 1.93. The Morgan fingerprint density at radius 2 is 2.38 bits per heavy atom. The summed E-state index contributed by atoms with van der Waals surface area (Å²) in [6, 6.07) is 1.98. The molecule has 1 aliphatic rings. The van der Waals surface area contributed by atoms with Gasteiger partial charge in [0.1, 0.15) is 0 Å². The third kappa shape index (κ3) is 3.25. The monoisotopic (exact) mass is 286 g/mol. The molecule has 1 aromatic heterocycles. The Hall–Kier alpha value is -0.490. The second kappa shape index (κ2) is 5.72. The first kappa shape index (κ1) is 12.0. The Bertz CT molecular complexity index is 343. The smallest absolute Gasteiger partial charge is 0.0963 e. The van der Waals surface area contributed by atoms with E-state index in [9.17, 15) is 0 Å². The third-order valence-electron chi connectivity index (χ3n) is 2.55. The lowest BCUT2D eigenvalue weighted by atomic mass is 10.0. The molecule has 0 spiro atoms. The number of halogens is 1. The van der Waals surface area contributed by atoms with Crippen molar-refractivity contribution < 1.29 is 9.47 Å². The van der Waals surface area contributed by atoms with E-state index in [1.165, 1.54) is 0 Å². The second-order valence-electron chi connectivity index (χ2n) is 3.86. The van der Waals surface area contributed by atoms with E-state index in [1.807, 2.05) is 12.3 Å². The molecule has 16 heavy (non-hydrogen) atoms. The third-order valence-corrected chi connectivity index (χ3v) is 2.99. The van der Waals surface area contributed by atoms with E-state index in [1.54, 1.807) is 6.20 Å². The topological polar surface area (TPSA) is 57.4 Å². The van der Waals surface area contributed by atoms with Crippen LogP contribution in [0.2, 0.25) is 0 Å². The van der Waals surface area contributed by atoms with Crippen LogP contribution in [-0.4, -0.2) is 37.0 Å². The maximum atomic E-state index is 6.08. The van der Waals surface area contributed by atoms with Gasteiger partial charge in [-0.05, 0) is 34.0 Å². The molecule has 2 rings (SSSR count). The van der Waals surface area contributed by atoms with Gasteiger partial charge in [-0.15, -0.1) is 0 Å². The lowest BCUT2D eigenvalue weighted by Gasteiger charge is -2.27. The van der Waals surface area contributed by atoms with Crippen LogP contribution >= 0.6 is 15.9 Å². The summed E-state index contributed by atoms with van der Waals surface area (Å²) in [7, 11) is 0. The fourth-order valence-corrected chi connectivity index (χ4v) is 2.14. The molecule has 0 amide bonds. The SMILES string of the molecule is NC(Cc1cncc(Br)c1)C1COCCO1. The molecule has 1 saturated heterocycles. The summed E-state index contributed by atoms with van der Waals surface area (Å²) in [6.45, 7) is 1.89. The van der Waals surface area contributed by atoms with Crippen molar-refractivity contribution in [3.8, 4) is 0 Å². The number of hydrogen-bond acceptors (Lipinski definition) is 4. The highest BCUT2D eigenvalue weighted by molar-refractivity contribution is 9.10. The van der Waals surface area contributed by atoms with Crippen LogP contribution in [0, 0.1) is 0 Å². The zero-order valence-electron chi connectivity index (χ0n) is 8.93. The van der Waals surface area contributed by atoms with Crippen LogP contribution in [0.15, 0.2) is 22.9 Å². The summed E-state index contributed by atoms with van der Waals surface area (Å²) in [5.74, 6) is 0. The van der Waals surface area contributed by atoms with Gasteiger partial charge >= 0.3 is 0 Å². The van der Waals surface area contributed by atoms with Gasteiger partial charge in [-0.2, -0.15) is 0 Å². The minimum Gasteiger partial charge on any atom is -0.376 e. The maximum absolute atomic E-state index is 6.08. The summed E-state index contributed by atoms with van der Waals surface area (Å²) in [5, 5.41) is 0. The molecular formula is C11H15BrN2O2. The molecule has 1 aliphatic heterocycles. The maximum Gasteiger partial charge on any atom is 0.0963 e. The molecule has 2 unspecified atom stereocenters. The van der Waals surface area contributed by atoms with Crippen LogP contribution < -0.4 is 5.73 Å². The number of ether oxygens (including phenoxy) is 2. The van der Waals surface area contributed by atoms with Gasteiger partial charge < -0.3 is 15.2 Å². The molecule has 0 saturated carbocycles. The van der Waals surface area contributed by atoms with Crippen molar-refractivity contribution in [1.82, 2.24) is 4.98 Å². The van der Waals surface area contributed by atoms with E-state index in [2.05, 4.69) is 20.9 Å². The largest absolute Gasteiger partial charge is 0.376 e. The first-order valence-electron chi connectivity index (χ1n) is 5.30. The molecule has 1 aromatic rings. The summed E-state index contributed by atoms with van der Waals surface area (Å²) in [6.07, 6.45) is 4.33. The first-order valence-corrected chi connectivity index (χ1v) is 6.09. The van der Waals surface area contributed by atoms with Crippen molar-refractivity contribution in [3.05, 3.63) is 28.5 Å². The van der Waals surface area contributed by atoms with Gasteiger partial charge in [0, 0.05) is 22.9 Å². The van der Waals surface area contributed by atoms with Crippen LogP contribution in [0.5, 0.6) is 0 Å². The number of aromatic nitrogens is 1. The normalized spacial score (nSPS) is 23.0. The van der Waals surface area contributed by atoms with E-state index >= 15 is 0 Å². The highest BCUT2D eigenvalue weighted by Crippen LogP contribution is 2.13. The van der Waals surface area contributed by atoms with E-state index < -0.39 is 0 Å². The molecule has 88 valence electrons. The molecule has 0 aromatic carbocycles. The second-order valence-corrected chi connectivity index (χ2v) is 4.78. The standard InChI is InChI=1S/C11H15BrN2O2/c12-9-3-8(5-14-6-9)4-10(13)11-7-15-1-2-16-11/h3,5-6,10-11H,1-2,4,7,13H2. The highest BCUT2D eigenvalue weighted by atomic mass is 79.9. The number of nitrogens with two attached hydrogens (primary N) is 1. The minimum absolute atomic E-state index is 0.00673. The van der Waals surface area contributed by atoms with E-state index in [0.717, 1.165) is 16.5 Å². The zero-order valence-corrected chi connectivity index (χ0v) is 10.5. The molecule has 2 atom stereocenters. The van der Waals surface area contributed by atoms with Crippen molar-refractivity contribution in [2.75, 3.05) is 19.8 Å². The van der Waals surface area contributed by atoms with Gasteiger partial charge in [-0.25, -0.2) is 0 Å². The van der Waals surface area contributed by atoms with Crippen molar-refractivity contribution >= 4 is 15.9 Å². The predicted octanol–water partition coefficient (Wildman–Crippen LogP) is 1.13. The summed E-state index contributed by atoms with van der Waals surface area (Å²) < 4.78 is 11.9. The van der Waals surface area contributed by atoms with Gasteiger partial charge in [-0.3, -0.25) is 4.98 Å². The van der Waals surface area contributed by atoms with Crippen LogP contribution in [-0.2, 0) is 15.9 Å². The number of pyridine rings is 1. The fraction of sp³-hybridized carbons (Fsp3) is 0.545. The molecule has 2 N–H and O–H groups in total. The van der Waals surface area contributed by atoms with Gasteiger partial charge in [0.15, 0.2) is 0 Å². The molecule has 0 radical (unpaired) electrons. The van der Waals surface area contributed by atoms with Gasteiger partial charge in [-0.1, -0.05) is 0 Å². The Morgan fingerprint density at radius 3 is 3.06 bits per heavy atom. The van der Waals surface area contributed by atoms with E-state index in [0.29, 0.717) is 19.8 Å². The first-order chi connectivity index (χ1) is 7.75. The average Bonchev–Trinajstić information content (AvgIpc) is 2.30. The Morgan fingerprint density at radius 1 is 1.50 bits per heavy atom. The van der Waals surface area contributed by atoms with Gasteiger partial charge in [0.25, 0.3) is 0 Å². The minimum atomic E-state index is -0.0450. The van der Waals surface area contributed by atoms with Gasteiger partial charge in [0.05, 0.1) is 25.9 Å². The highest BCUT2D eigenvalue weighted by Gasteiger charge is 2.22. The number of rotatable bonds is 3. The van der Waals surface area contributed by atoms with Crippen LogP contribution in [0.3, 0.4) is 0 Å². The number of nitrogens with zero attached hydrogens (tertiary/aromatic N) is 1. The van der Waals surface area contributed by atoms with Crippen LogP contribution in [0.4, 0.5) is 0 Å². The van der Waals surface area contributed by atoms with Crippen molar-refractivity contribution in [2.45, 2.75) is 18.6 Å².